The third-order valence-corrected chi connectivity index (χ3v) is 0.768. The summed E-state index contributed by atoms with van der Waals surface area (Å²) in [6.07, 6.45) is 6.33. The van der Waals surface area contributed by atoms with Crippen molar-refractivity contribution in [1.29, 1.82) is 0 Å². The van der Waals surface area contributed by atoms with Gasteiger partial charge in [0.2, 0.25) is 6.79 Å². The molecule has 2 heterocycles. The summed E-state index contributed by atoms with van der Waals surface area (Å²) in [6.45, 7) is 0.986. The molecule has 0 fully saturated rings. The topological polar surface area (TPSA) is 36.9 Å². The van der Waals surface area contributed by atoms with Crippen LogP contribution in [0.4, 0.5) is 0 Å². The normalized spacial score (nSPS) is 18.4. The Labute approximate surface area is 58.6 Å². The van der Waals surface area contributed by atoms with Crippen LogP contribution in [0.5, 0.6) is 0 Å². The molecule has 0 N–H and O–H groups in total. The molecule has 2 aliphatic heterocycles. The minimum absolute atomic E-state index is 0.389. The minimum Gasteiger partial charge on any atom is -0.462 e. The molecule has 0 saturated heterocycles. The fourth-order valence-electron chi connectivity index (χ4n) is 0.393. The van der Waals surface area contributed by atoms with Gasteiger partial charge in [0.05, 0.1) is 0 Å². The van der Waals surface area contributed by atoms with Crippen molar-refractivity contribution in [1.82, 2.24) is 0 Å². The maximum Gasteiger partial charge on any atom is 0.229 e. The average Bonchev–Trinajstić information content (AvgIpc) is 2.67. The Morgan fingerprint density at radius 2 is 1.80 bits per heavy atom. The van der Waals surface area contributed by atoms with E-state index < -0.39 is 0 Å². The summed E-state index contributed by atoms with van der Waals surface area (Å²) >= 11 is 0. The van der Waals surface area contributed by atoms with Crippen molar-refractivity contribution in [2.24, 2.45) is 0 Å². The first-order valence-corrected chi connectivity index (χ1v) is 2.81. The van der Waals surface area contributed by atoms with Crippen LogP contribution in [0, 0.1) is 0 Å². The highest BCUT2D eigenvalue weighted by molar-refractivity contribution is 4.73. The van der Waals surface area contributed by atoms with Crippen LogP contribution < -0.4 is 0 Å². The quantitative estimate of drug-likeness (QED) is 0.474. The van der Waals surface area contributed by atoms with Gasteiger partial charge in [-0.1, -0.05) is 0 Å². The van der Waals surface area contributed by atoms with Gasteiger partial charge in [-0.2, -0.15) is 4.89 Å². The molecule has 2 rings (SSSR count). The van der Waals surface area contributed by atoms with Crippen molar-refractivity contribution < 1.29 is 19.2 Å². The van der Waals surface area contributed by atoms with E-state index in [0.717, 1.165) is 0 Å². The van der Waals surface area contributed by atoms with Crippen LogP contribution in [-0.2, 0) is 19.2 Å². The maximum atomic E-state index is 4.54. The second kappa shape index (κ2) is 4.69. The van der Waals surface area contributed by atoms with Gasteiger partial charge in [-0.3, -0.25) is 0 Å². The molecule has 0 bridgehead atoms. The van der Waals surface area contributed by atoms with Crippen LogP contribution in [0.2, 0.25) is 0 Å². The molecule has 4 nitrogen and oxygen atoms in total. The summed E-state index contributed by atoms with van der Waals surface area (Å²) in [7, 11) is 0. The van der Waals surface area contributed by atoms with Crippen LogP contribution in [0.15, 0.2) is 24.9 Å². The standard InChI is InChI=1S/2C3H4O2/c1-2-5-3-4-1;1-2-4-5-3-1/h2*1-2H,3H2. The predicted molar refractivity (Wildman–Crippen MR) is 32.4 cm³/mol. The Hall–Kier alpha value is -1.16. The third-order valence-electron chi connectivity index (χ3n) is 0.768. The van der Waals surface area contributed by atoms with Gasteiger partial charge in [-0.05, 0) is 6.08 Å². The monoisotopic (exact) mass is 144 g/mol. The van der Waals surface area contributed by atoms with Crippen molar-refractivity contribution in [3.63, 3.8) is 0 Å². The van der Waals surface area contributed by atoms with E-state index in [2.05, 4.69) is 19.2 Å². The van der Waals surface area contributed by atoms with E-state index >= 15 is 0 Å². The maximum absolute atomic E-state index is 4.54. The molecule has 0 aromatic rings. The summed E-state index contributed by atoms with van der Waals surface area (Å²) in [5, 5.41) is 0. The fourth-order valence-corrected chi connectivity index (χ4v) is 0.393. The van der Waals surface area contributed by atoms with Gasteiger partial charge < -0.3 is 14.4 Å². The molecular formula is C6H8O4. The van der Waals surface area contributed by atoms with Crippen molar-refractivity contribution in [2.45, 2.75) is 0 Å². The molecule has 56 valence electrons. The highest BCUT2D eigenvalue weighted by atomic mass is 17.2. The van der Waals surface area contributed by atoms with E-state index in [1.54, 1.807) is 6.08 Å². The Kier molecular flexibility index (Phi) is 3.26. The second-order valence-corrected chi connectivity index (χ2v) is 1.48. The van der Waals surface area contributed by atoms with E-state index in [9.17, 15) is 0 Å². The molecule has 2 aliphatic rings. The lowest BCUT2D eigenvalue weighted by atomic mass is 10.7. The van der Waals surface area contributed by atoms with E-state index in [1.807, 2.05) is 0 Å². The first-order valence-electron chi connectivity index (χ1n) is 2.81. The minimum atomic E-state index is 0.389. The van der Waals surface area contributed by atoms with E-state index in [1.165, 1.54) is 18.8 Å². The summed E-state index contributed by atoms with van der Waals surface area (Å²) in [5.41, 5.74) is 0. The molecule has 4 heteroatoms. The molecule has 0 atom stereocenters. The summed E-state index contributed by atoms with van der Waals surface area (Å²) < 4.78 is 9.08. The van der Waals surface area contributed by atoms with Crippen molar-refractivity contribution in [3.8, 4) is 0 Å². The number of hydrogen-bond acceptors (Lipinski definition) is 4. The van der Waals surface area contributed by atoms with E-state index in [-0.39, 0.29) is 0 Å². The Bertz CT molecular complexity index is 102. The van der Waals surface area contributed by atoms with Crippen LogP contribution in [0.3, 0.4) is 0 Å². The molecule has 0 spiro atoms. The zero-order valence-corrected chi connectivity index (χ0v) is 5.36. The Morgan fingerprint density at radius 1 is 1.00 bits per heavy atom. The van der Waals surface area contributed by atoms with Crippen LogP contribution >= 0.6 is 0 Å². The Balaban J connectivity index is 0.0000001000. The van der Waals surface area contributed by atoms with Crippen LogP contribution in [0.25, 0.3) is 0 Å². The molecule has 0 aliphatic carbocycles. The molecular weight excluding hydrogens is 136 g/mol. The number of rotatable bonds is 0. The van der Waals surface area contributed by atoms with Gasteiger partial charge in [0.15, 0.2) is 0 Å². The molecule has 0 aromatic carbocycles. The summed E-state index contributed by atoms with van der Waals surface area (Å²) in [5.74, 6) is 0. The molecule has 0 radical (unpaired) electrons. The molecule has 0 saturated carbocycles. The summed E-state index contributed by atoms with van der Waals surface area (Å²) in [6, 6.07) is 0. The zero-order chi connectivity index (χ0) is 7.07. The van der Waals surface area contributed by atoms with Crippen LogP contribution in [-0.4, -0.2) is 13.4 Å². The first-order chi connectivity index (χ1) is 5.00. The van der Waals surface area contributed by atoms with Gasteiger partial charge in [0.1, 0.15) is 25.4 Å². The number of ether oxygens (including phenoxy) is 2. The Morgan fingerprint density at radius 3 is 2.00 bits per heavy atom. The van der Waals surface area contributed by atoms with Gasteiger partial charge >= 0.3 is 0 Å². The average molecular weight is 144 g/mol. The summed E-state index contributed by atoms with van der Waals surface area (Å²) in [4.78, 5) is 8.60. The largest absolute Gasteiger partial charge is 0.462 e. The van der Waals surface area contributed by atoms with Gasteiger partial charge in [0, 0.05) is 0 Å². The SMILES string of the molecule is C1=COCO1.C1=COOC1. The van der Waals surface area contributed by atoms with Crippen LogP contribution in [0.1, 0.15) is 0 Å². The molecule has 0 unspecified atom stereocenters. The van der Waals surface area contributed by atoms with E-state index in [4.69, 9.17) is 0 Å². The van der Waals surface area contributed by atoms with Gasteiger partial charge in [-0.25, -0.2) is 0 Å². The second-order valence-electron chi connectivity index (χ2n) is 1.48. The van der Waals surface area contributed by atoms with E-state index in [0.29, 0.717) is 13.4 Å². The molecule has 0 aromatic heterocycles. The van der Waals surface area contributed by atoms with Crippen molar-refractivity contribution >= 4 is 0 Å². The number of hydrogen-bond donors (Lipinski definition) is 0. The fraction of sp³-hybridized carbons (Fsp3) is 0.333. The highest BCUT2D eigenvalue weighted by Crippen LogP contribution is 1.88. The zero-order valence-electron chi connectivity index (χ0n) is 5.36. The lowest BCUT2D eigenvalue weighted by molar-refractivity contribution is -0.221. The van der Waals surface area contributed by atoms with Crippen molar-refractivity contribution in [2.75, 3.05) is 13.4 Å². The van der Waals surface area contributed by atoms with Gasteiger partial charge in [-0.15, -0.1) is 0 Å². The first kappa shape index (κ1) is 6.95. The lowest BCUT2D eigenvalue weighted by Gasteiger charge is -1.82. The third kappa shape index (κ3) is 2.99. The predicted octanol–water partition coefficient (Wildman–Crippen LogP) is 0.924. The van der Waals surface area contributed by atoms with Gasteiger partial charge in [0.25, 0.3) is 0 Å². The molecule has 10 heavy (non-hydrogen) atoms. The lowest BCUT2D eigenvalue weighted by Crippen LogP contribution is -1.75. The smallest absolute Gasteiger partial charge is 0.229 e. The highest BCUT2D eigenvalue weighted by Gasteiger charge is 1.84. The molecule has 0 amide bonds. The van der Waals surface area contributed by atoms with Crippen molar-refractivity contribution in [3.05, 3.63) is 24.9 Å².